The van der Waals surface area contributed by atoms with Gasteiger partial charge in [0.15, 0.2) is 0 Å². The zero-order chi connectivity index (χ0) is 12.4. The molecule has 5 nitrogen and oxygen atoms in total. The highest BCUT2D eigenvalue weighted by Gasteiger charge is 2.22. The van der Waals surface area contributed by atoms with Crippen LogP contribution in [0.3, 0.4) is 0 Å². The van der Waals surface area contributed by atoms with E-state index >= 15 is 0 Å². The van der Waals surface area contributed by atoms with E-state index in [0.29, 0.717) is 16.5 Å². The minimum absolute atomic E-state index is 0.0453. The first-order chi connectivity index (χ1) is 8.13. The van der Waals surface area contributed by atoms with Crippen molar-refractivity contribution < 1.29 is 23.8 Å². The van der Waals surface area contributed by atoms with Crippen LogP contribution in [0.25, 0.3) is 11.0 Å². The largest absolute Gasteiger partial charge is 0.481 e. The van der Waals surface area contributed by atoms with Crippen molar-refractivity contribution in [2.75, 3.05) is 7.11 Å². The molecular formula is C12H10O5. The van der Waals surface area contributed by atoms with E-state index in [4.69, 9.17) is 9.52 Å². The van der Waals surface area contributed by atoms with E-state index in [2.05, 4.69) is 4.74 Å². The van der Waals surface area contributed by atoms with Crippen LogP contribution < -0.4 is 0 Å². The molecule has 5 heteroatoms. The molecule has 1 N–H and O–H groups in total. The summed E-state index contributed by atoms with van der Waals surface area (Å²) in [6.45, 7) is 0. The van der Waals surface area contributed by atoms with Gasteiger partial charge in [0.1, 0.15) is 5.58 Å². The second kappa shape index (κ2) is 4.29. The molecule has 17 heavy (non-hydrogen) atoms. The van der Waals surface area contributed by atoms with Gasteiger partial charge in [-0.25, -0.2) is 4.79 Å². The number of furan rings is 1. The molecule has 0 fully saturated rings. The summed E-state index contributed by atoms with van der Waals surface area (Å²) in [5.41, 5.74) is 0.823. The summed E-state index contributed by atoms with van der Waals surface area (Å²) in [5, 5.41) is 9.45. The Kier molecular flexibility index (Phi) is 2.82. The lowest BCUT2D eigenvalue weighted by atomic mass is 10.1. The van der Waals surface area contributed by atoms with Gasteiger partial charge in [-0.3, -0.25) is 4.79 Å². The minimum atomic E-state index is -1.03. The van der Waals surface area contributed by atoms with Gasteiger partial charge in [-0.05, 0) is 6.07 Å². The number of hydrogen-bond donors (Lipinski definition) is 1. The van der Waals surface area contributed by atoms with Gasteiger partial charge in [0.2, 0.25) is 5.76 Å². The quantitative estimate of drug-likeness (QED) is 0.820. The maximum absolute atomic E-state index is 11.5. The van der Waals surface area contributed by atoms with Crippen molar-refractivity contribution in [3.63, 3.8) is 0 Å². The van der Waals surface area contributed by atoms with Crippen LogP contribution in [0.15, 0.2) is 28.7 Å². The number of carbonyl (C=O) groups is 2. The molecule has 0 spiro atoms. The van der Waals surface area contributed by atoms with Crippen molar-refractivity contribution in [1.82, 2.24) is 0 Å². The monoisotopic (exact) mass is 234 g/mol. The van der Waals surface area contributed by atoms with Crippen molar-refractivity contribution in [2.24, 2.45) is 0 Å². The van der Waals surface area contributed by atoms with Crippen LogP contribution in [0.1, 0.15) is 16.1 Å². The summed E-state index contributed by atoms with van der Waals surface area (Å²) >= 11 is 0. The molecule has 0 bridgehead atoms. The third-order valence-corrected chi connectivity index (χ3v) is 2.40. The number of hydrogen-bond acceptors (Lipinski definition) is 4. The Labute approximate surface area is 96.6 Å². The predicted octanol–water partition coefficient (Wildman–Crippen LogP) is 1.85. The number of methoxy groups -OCH3 is 1. The zero-order valence-electron chi connectivity index (χ0n) is 9.10. The number of aliphatic carboxylic acids is 1. The molecule has 1 aromatic heterocycles. The Morgan fingerprint density at radius 1 is 1.35 bits per heavy atom. The smallest absolute Gasteiger partial charge is 0.374 e. The maximum atomic E-state index is 11.5. The Morgan fingerprint density at radius 2 is 2.06 bits per heavy atom. The molecule has 0 saturated carbocycles. The fourth-order valence-corrected chi connectivity index (χ4v) is 1.68. The number of carboxylic acid groups (broad SMARTS) is 1. The Balaban J connectivity index is 2.64. The molecule has 0 aliphatic heterocycles. The number of benzene rings is 1. The van der Waals surface area contributed by atoms with E-state index < -0.39 is 11.9 Å². The highest BCUT2D eigenvalue weighted by atomic mass is 16.5. The molecule has 2 aromatic rings. The average molecular weight is 234 g/mol. The molecule has 0 saturated heterocycles. The molecule has 0 aliphatic carbocycles. The lowest BCUT2D eigenvalue weighted by Crippen LogP contribution is -2.07. The number of carbonyl (C=O) groups excluding carboxylic acids is 1. The molecule has 1 heterocycles. The van der Waals surface area contributed by atoms with Crippen LogP contribution in [0.5, 0.6) is 0 Å². The van der Waals surface area contributed by atoms with Crippen LogP contribution in [0, 0.1) is 0 Å². The highest BCUT2D eigenvalue weighted by molar-refractivity contribution is 5.98. The maximum Gasteiger partial charge on any atom is 0.374 e. The van der Waals surface area contributed by atoms with Crippen molar-refractivity contribution in [1.29, 1.82) is 0 Å². The third-order valence-electron chi connectivity index (χ3n) is 2.40. The predicted molar refractivity (Wildman–Crippen MR) is 58.9 cm³/mol. The highest BCUT2D eigenvalue weighted by Crippen LogP contribution is 2.26. The first-order valence-corrected chi connectivity index (χ1v) is 4.94. The molecule has 1 aromatic carbocycles. The topological polar surface area (TPSA) is 76.7 Å². The number of fused-ring (bicyclic) bond motifs is 1. The van der Waals surface area contributed by atoms with Crippen molar-refractivity contribution >= 4 is 22.9 Å². The van der Waals surface area contributed by atoms with Crippen LogP contribution >= 0.6 is 0 Å². The van der Waals surface area contributed by atoms with Crippen LogP contribution in [0.4, 0.5) is 0 Å². The van der Waals surface area contributed by atoms with E-state index in [1.165, 1.54) is 7.11 Å². The summed E-state index contributed by atoms with van der Waals surface area (Å²) in [5.74, 6) is -1.74. The summed E-state index contributed by atoms with van der Waals surface area (Å²) < 4.78 is 9.88. The summed E-state index contributed by atoms with van der Waals surface area (Å²) in [4.78, 5) is 22.3. The summed E-state index contributed by atoms with van der Waals surface area (Å²) in [6, 6.07) is 6.89. The molecule has 88 valence electrons. The minimum Gasteiger partial charge on any atom is -0.481 e. The van der Waals surface area contributed by atoms with E-state index in [1.807, 2.05) is 0 Å². The van der Waals surface area contributed by atoms with Crippen molar-refractivity contribution in [2.45, 2.75) is 6.42 Å². The second-order valence-electron chi connectivity index (χ2n) is 3.47. The number of para-hydroxylation sites is 1. The molecule has 0 unspecified atom stereocenters. The van der Waals surface area contributed by atoms with Crippen molar-refractivity contribution in [3.8, 4) is 0 Å². The Morgan fingerprint density at radius 3 is 2.71 bits per heavy atom. The standard InChI is InChI=1S/C12H10O5/c1-16-12(15)11-8(6-10(13)14)7-4-2-3-5-9(7)17-11/h2-5H,6H2,1H3,(H,13,14). The summed E-state index contributed by atoms with van der Waals surface area (Å²) in [7, 11) is 1.22. The van der Waals surface area contributed by atoms with Crippen LogP contribution in [0.2, 0.25) is 0 Å². The summed E-state index contributed by atoms with van der Waals surface area (Å²) in [6.07, 6.45) is -0.276. The number of esters is 1. The molecule has 0 atom stereocenters. The molecule has 2 rings (SSSR count). The second-order valence-corrected chi connectivity index (χ2v) is 3.47. The first kappa shape index (κ1) is 11.2. The Bertz CT molecular complexity index is 582. The Hall–Kier alpha value is -2.30. The van der Waals surface area contributed by atoms with Gasteiger partial charge in [0, 0.05) is 10.9 Å². The van der Waals surface area contributed by atoms with Gasteiger partial charge >= 0.3 is 11.9 Å². The third kappa shape index (κ3) is 1.99. The van der Waals surface area contributed by atoms with Crippen LogP contribution in [-0.4, -0.2) is 24.2 Å². The zero-order valence-corrected chi connectivity index (χ0v) is 9.10. The number of ether oxygens (including phenoxy) is 1. The SMILES string of the molecule is COC(=O)c1oc2ccccc2c1CC(=O)O. The fourth-order valence-electron chi connectivity index (χ4n) is 1.68. The lowest BCUT2D eigenvalue weighted by Gasteiger charge is -1.97. The van der Waals surface area contributed by atoms with Gasteiger partial charge in [0.05, 0.1) is 13.5 Å². The molecule has 0 aliphatic rings. The molecular weight excluding hydrogens is 224 g/mol. The normalized spacial score (nSPS) is 10.4. The van der Waals surface area contributed by atoms with E-state index in [9.17, 15) is 9.59 Å². The number of carboxylic acids is 1. The van der Waals surface area contributed by atoms with Gasteiger partial charge in [0.25, 0.3) is 0 Å². The van der Waals surface area contributed by atoms with E-state index in [1.54, 1.807) is 24.3 Å². The fraction of sp³-hybridized carbons (Fsp3) is 0.167. The lowest BCUT2D eigenvalue weighted by molar-refractivity contribution is -0.136. The van der Waals surface area contributed by atoms with Gasteiger partial charge in [-0.1, -0.05) is 18.2 Å². The van der Waals surface area contributed by atoms with Gasteiger partial charge in [-0.15, -0.1) is 0 Å². The van der Waals surface area contributed by atoms with E-state index in [0.717, 1.165) is 0 Å². The molecule has 0 radical (unpaired) electrons. The van der Waals surface area contributed by atoms with Crippen LogP contribution in [-0.2, 0) is 16.0 Å². The van der Waals surface area contributed by atoms with Crippen molar-refractivity contribution in [3.05, 3.63) is 35.6 Å². The number of rotatable bonds is 3. The first-order valence-electron chi connectivity index (χ1n) is 4.94. The van der Waals surface area contributed by atoms with Gasteiger partial charge in [-0.2, -0.15) is 0 Å². The molecule has 0 amide bonds. The van der Waals surface area contributed by atoms with E-state index in [-0.39, 0.29) is 12.2 Å². The average Bonchev–Trinajstić information content (AvgIpc) is 2.67. The van der Waals surface area contributed by atoms with Gasteiger partial charge < -0.3 is 14.3 Å².